The summed E-state index contributed by atoms with van der Waals surface area (Å²) in [5.41, 5.74) is 4.72. The van der Waals surface area contributed by atoms with Crippen molar-refractivity contribution in [1.82, 2.24) is 9.97 Å². The molecule has 0 bridgehead atoms. The topological polar surface area (TPSA) is 41.5 Å². The summed E-state index contributed by atoms with van der Waals surface area (Å²) in [5, 5.41) is 3.55. The highest BCUT2D eigenvalue weighted by Gasteiger charge is 2.24. The van der Waals surface area contributed by atoms with Crippen molar-refractivity contribution in [2.45, 2.75) is 6.92 Å². The van der Waals surface area contributed by atoms with E-state index in [-0.39, 0.29) is 0 Å². The third-order valence-electron chi connectivity index (χ3n) is 5.75. The molecule has 7 heteroatoms. The van der Waals surface area contributed by atoms with Crippen molar-refractivity contribution in [3.63, 3.8) is 0 Å². The van der Waals surface area contributed by atoms with Crippen LogP contribution < -0.4 is 14.5 Å². The molecule has 0 amide bonds. The number of ether oxygens (including phenoxy) is 1. The number of para-hydroxylation sites is 2. The number of anilines is 2. The van der Waals surface area contributed by atoms with Crippen molar-refractivity contribution in [1.29, 1.82) is 0 Å². The molecule has 1 fully saturated rings. The first-order chi connectivity index (χ1) is 15.1. The van der Waals surface area contributed by atoms with Crippen LogP contribution in [-0.2, 0) is 0 Å². The Bertz CT molecular complexity index is 1220. The minimum absolute atomic E-state index is 0.298. The molecule has 0 unspecified atom stereocenters. The molecule has 0 N–H and O–H groups in total. The molecular formula is C24H23ClN4OS. The number of thiophene rings is 1. The van der Waals surface area contributed by atoms with Crippen molar-refractivity contribution < 1.29 is 4.74 Å². The summed E-state index contributed by atoms with van der Waals surface area (Å²) < 4.78 is 5.55. The van der Waals surface area contributed by atoms with E-state index in [0.29, 0.717) is 5.28 Å². The number of benzene rings is 2. The maximum Gasteiger partial charge on any atom is 0.225 e. The number of methoxy groups -OCH3 is 1. The van der Waals surface area contributed by atoms with Gasteiger partial charge < -0.3 is 14.5 Å². The summed E-state index contributed by atoms with van der Waals surface area (Å²) in [6.45, 7) is 5.57. The Morgan fingerprint density at radius 1 is 0.935 bits per heavy atom. The Morgan fingerprint density at radius 2 is 1.65 bits per heavy atom. The minimum atomic E-state index is 0.298. The highest BCUT2D eigenvalue weighted by Crippen LogP contribution is 2.39. The largest absolute Gasteiger partial charge is 0.495 e. The van der Waals surface area contributed by atoms with Gasteiger partial charge in [0.15, 0.2) is 0 Å². The van der Waals surface area contributed by atoms with Crippen LogP contribution in [-0.4, -0.2) is 43.3 Å². The molecule has 31 heavy (non-hydrogen) atoms. The molecule has 1 aliphatic heterocycles. The fourth-order valence-electron chi connectivity index (χ4n) is 4.12. The lowest BCUT2D eigenvalue weighted by Gasteiger charge is -2.37. The van der Waals surface area contributed by atoms with Gasteiger partial charge >= 0.3 is 0 Å². The smallest absolute Gasteiger partial charge is 0.225 e. The van der Waals surface area contributed by atoms with Crippen LogP contribution in [0.4, 0.5) is 11.5 Å². The summed E-state index contributed by atoms with van der Waals surface area (Å²) in [5.74, 6) is 1.83. The first-order valence-electron chi connectivity index (χ1n) is 10.3. The number of halogens is 1. The fourth-order valence-corrected chi connectivity index (χ4v) is 5.28. The van der Waals surface area contributed by atoms with E-state index in [2.05, 4.69) is 68.5 Å². The van der Waals surface area contributed by atoms with E-state index < -0.39 is 0 Å². The summed E-state index contributed by atoms with van der Waals surface area (Å²) in [4.78, 5) is 14.8. The minimum Gasteiger partial charge on any atom is -0.495 e. The highest BCUT2D eigenvalue weighted by atomic mass is 35.5. The lowest BCUT2D eigenvalue weighted by atomic mass is 10.0. The molecule has 5 nitrogen and oxygen atoms in total. The molecule has 0 aliphatic carbocycles. The number of aromatic nitrogens is 2. The molecule has 158 valence electrons. The van der Waals surface area contributed by atoms with Crippen LogP contribution in [0.5, 0.6) is 5.75 Å². The van der Waals surface area contributed by atoms with Gasteiger partial charge in [0.25, 0.3) is 0 Å². The predicted molar refractivity (Wildman–Crippen MR) is 130 cm³/mol. The summed E-state index contributed by atoms with van der Waals surface area (Å²) in [6, 6.07) is 16.8. The molecule has 1 aliphatic rings. The number of hydrogen-bond donors (Lipinski definition) is 0. The zero-order chi connectivity index (χ0) is 21.4. The van der Waals surface area contributed by atoms with Crippen molar-refractivity contribution in [3.8, 4) is 16.9 Å². The number of hydrogen-bond acceptors (Lipinski definition) is 6. The lowest BCUT2D eigenvalue weighted by Crippen LogP contribution is -2.47. The maximum absolute atomic E-state index is 6.31. The Balaban J connectivity index is 1.48. The Morgan fingerprint density at radius 3 is 2.39 bits per heavy atom. The molecular weight excluding hydrogens is 428 g/mol. The number of fused-ring (bicyclic) bond motifs is 1. The standard InChI is InChI=1S/C24H23ClN4OS/c1-16-7-9-17(10-8-16)18-15-31-23-21(18)22(26-24(25)27-23)29-13-11-28(12-14-29)19-5-3-4-6-20(19)30-2/h3-10,15H,11-14H2,1-2H3. The maximum atomic E-state index is 6.31. The molecule has 0 saturated carbocycles. The van der Waals surface area contributed by atoms with E-state index >= 15 is 0 Å². The molecule has 2 aromatic carbocycles. The number of piperazine rings is 1. The van der Waals surface area contributed by atoms with Crippen LogP contribution in [0.2, 0.25) is 5.28 Å². The Hall–Kier alpha value is -2.83. The van der Waals surface area contributed by atoms with Crippen molar-refractivity contribution >= 4 is 44.7 Å². The number of aryl methyl sites for hydroxylation is 1. The van der Waals surface area contributed by atoms with Crippen molar-refractivity contribution in [3.05, 3.63) is 64.8 Å². The summed E-state index contributed by atoms with van der Waals surface area (Å²) in [7, 11) is 1.72. The second-order valence-electron chi connectivity index (χ2n) is 7.66. The zero-order valence-electron chi connectivity index (χ0n) is 17.5. The van der Waals surface area contributed by atoms with E-state index in [1.54, 1.807) is 18.4 Å². The van der Waals surface area contributed by atoms with Gasteiger partial charge in [0.1, 0.15) is 16.4 Å². The van der Waals surface area contributed by atoms with Crippen LogP contribution in [0.25, 0.3) is 21.3 Å². The van der Waals surface area contributed by atoms with Gasteiger partial charge in [-0.2, -0.15) is 4.98 Å². The second kappa shape index (κ2) is 8.36. The van der Waals surface area contributed by atoms with Crippen LogP contribution in [0.1, 0.15) is 5.56 Å². The Labute approximate surface area is 190 Å². The van der Waals surface area contributed by atoms with Gasteiger partial charge in [0.05, 0.1) is 18.2 Å². The second-order valence-corrected chi connectivity index (χ2v) is 8.85. The van der Waals surface area contributed by atoms with Crippen LogP contribution in [0.15, 0.2) is 53.9 Å². The molecule has 3 heterocycles. The van der Waals surface area contributed by atoms with Gasteiger partial charge in [-0.1, -0.05) is 42.0 Å². The average molecular weight is 451 g/mol. The van der Waals surface area contributed by atoms with E-state index in [0.717, 1.165) is 53.7 Å². The van der Waals surface area contributed by atoms with Crippen LogP contribution >= 0.6 is 22.9 Å². The van der Waals surface area contributed by atoms with Gasteiger partial charge in [0, 0.05) is 37.1 Å². The Kier molecular flexibility index (Phi) is 5.42. The van der Waals surface area contributed by atoms with E-state index in [4.69, 9.17) is 16.3 Å². The molecule has 1 saturated heterocycles. The zero-order valence-corrected chi connectivity index (χ0v) is 19.1. The van der Waals surface area contributed by atoms with E-state index in [9.17, 15) is 0 Å². The van der Waals surface area contributed by atoms with E-state index in [1.807, 2.05) is 12.1 Å². The van der Waals surface area contributed by atoms with Crippen LogP contribution in [0, 0.1) is 6.92 Å². The van der Waals surface area contributed by atoms with Gasteiger partial charge in [-0.25, -0.2) is 4.98 Å². The first-order valence-corrected chi connectivity index (χ1v) is 11.5. The van der Waals surface area contributed by atoms with Gasteiger partial charge in [-0.3, -0.25) is 0 Å². The van der Waals surface area contributed by atoms with Crippen molar-refractivity contribution in [2.75, 3.05) is 43.1 Å². The van der Waals surface area contributed by atoms with Crippen LogP contribution in [0.3, 0.4) is 0 Å². The summed E-state index contributed by atoms with van der Waals surface area (Å²) >= 11 is 7.93. The van der Waals surface area contributed by atoms with Gasteiger partial charge in [0.2, 0.25) is 5.28 Å². The first kappa shape index (κ1) is 20.1. The molecule has 4 aromatic rings. The lowest BCUT2D eigenvalue weighted by molar-refractivity contribution is 0.413. The molecule has 0 atom stereocenters. The third-order valence-corrected chi connectivity index (χ3v) is 6.80. The number of rotatable bonds is 4. The SMILES string of the molecule is COc1ccccc1N1CCN(c2nc(Cl)nc3scc(-c4ccc(C)cc4)c23)CC1. The highest BCUT2D eigenvalue weighted by molar-refractivity contribution is 7.17. The van der Waals surface area contributed by atoms with Gasteiger partial charge in [-0.05, 0) is 36.2 Å². The summed E-state index contributed by atoms with van der Waals surface area (Å²) in [6.07, 6.45) is 0. The average Bonchev–Trinajstić information content (AvgIpc) is 3.23. The molecule has 2 aromatic heterocycles. The quantitative estimate of drug-likeness (QED) is 0.375. The molecule has 0 spiro atoms. The van der Waals surface area contributed by atoms with Crippen molar-refractivity contribution in [2.24, 2.45) is 0 Å². The monoisotopic (exact) mass is 450 g/mol. The normalized spacial score (nSPS) is 14.3. The molecule has 0 radical (unpaired) electrons. The van der Waals surface area contributed by atoms with E-state index in [1.165, 1.54) is 16.7 Å². The molecule has 5 rings (SSSR count). The van der Waals surface area contributed by atoms with Gasteiger partial charge in [-0.15, -0.1) is 11.3 Å². The fraction of sp³-hybridized carbons (Fsp3) is 0.250. The predicted octanol–water partition coefficient (Wildman–Crippen LogP) is 5.66. The number of nitrogens with zero attached hydrogens (tertiary/aromatic N) is 4. The third kappa shape index (κ3) is 3.82.